The average molecular weight is 520 g/mol. The van der Waals surface area contributed by atoms with E-state index in [9.17, 15) is 14.0 Å². The lowest BCUT2D eigenvalue weighted by Crippen LogP contribution is -2.13. The van der Waals surface area contributed by atoms with Crippen molar-refractivity contribution in [3.05, 3.63) is 96.2 Å². The number of nitrogens with zero attached hydrogens (tertiary/aromatic N) is 2. The molecule has 5 aromatic rings. The van der Waals surface area contributed by atoms with E-state index in [4.69, 9.17) is 0 Å². The number of benzene rings is 3. The Morgan fingerprint density at radius 3 is 2.56 bits per heavy atom. The van der Waals surface area contributed by atoms with Crippen LogP contribution in [0.25, 0.3) is 33.2 Å². The Balaban J connectivity index is 1.26. The van der Waals surface area contributed by atoms with Crippen LogP contribution in [-0.2, 0) is 11.2 Å². The predicted octanol–water partition coefficient (Wildman–Crippen LogP) is 6.59. The number of aromatic nitrogens is 3. The molecule has 0 spiro atoms. The van der Waals surface area contributed by atoms with E-state index in [-0.39, 0.29) is 29.2 Å². The van der Waals surface area contributed by atoms with Crippen LogP contribution in [0, 0.1) is 11.7 Å². The topological polar surface area (TPSA) is 99.8 Å². The van der Waals surface area contributed by atoms with Crippen LogP contribution in [0.2, 0.25) is 0 Å². The number of hydrogen-bond acceptors (Lipinski definition) is 4. The third-order valence-electron chi connectivity index (χ3n) is 6.97. The van der Waals surface area contributed by atoms with Crippen molar-refractivity contribution in [1.29, 1.82) is 0 Å². The van der Waals surface area contributed by atoms with Gasteiger partial charge in [0.05, 0.1) is 17.4 Å². The van der Waals surface area contributed by atoms with Gasteiger partial charge in [-0.3, -0.25) is 19.7 Å². The summed E-state index contributed by atoms with van der Waals surface area (Å²) in [6.45, 7) is 2.00. The molecule has 7 nitrogen and oxygen atoms in total. The number of halogens is 1. The number of aryl methyl sites for hydroxylation is 1. The number of hydrogen-bond donors (Lipinski definition) is 3. The summed E-state index contributed by atoms with van der Waals surface area (Å²) < 4.78 is 14.4. The van der Waals surface area contributed by atoms with Crippen LogP contribution in [0.15, 0.2) is 79.1 Å². The molecular weight excluding hydrogens is 493 g/mol. The van der Waals surface area contributed by atoms with Crippen LogP contribution in [0.4, 0.5) is 15.8 Å². The third-order valence-corrected chi connectivity index (χ3v) is 6.97. The summed E-state index contributed by atoms with van der Waals surface area (Å²) in [7, 11) is 0. The molecule has 8 heteroatoms. The van der Waals surface area contributed by atoms with Gasteiger partial charge in [-0.1, -0.05) is 37.3 Å². The zero-order valence-electron chi connectivity index (χ0n) is 21.3. The molecule has 1 saturated carbocycles. The molecule has 0 radical (unpaired) electrons. The standard InChI is InChI=1S/C31H26FN5O2/c1-2-18-13-22(10-11-24(18)25-5-3-4-6-27(25)32)34-31(39)29-26-15-20(9-12-28(26)36-37-29)21-14-23(17-33-16-21)35-30(38)19-7-8-19/h3-6,9-17,19H,2,7-8H2,1H3,(H,34,39)(H,35,38)(H,36,37). The first kappa shape index (κ1) is 24.5. The molecule has 6 rings (SSSR count). The number of H-pyrrole nitrogens is 1. The summed E-state index contributed by atoms with van der Waals surface area (Å²) in [6, 6.07) is 19.7. The fourth-order valence-corrected chi connectivity index (χ4v) is 4.72. The van der Waals surface area contributed by atoms with E-state index in [1.54, 1.807) is 36.7 Å². The van der Waals surface area contributed by atoms with Crippen LogP contribution >= 0.6 is 0 Å². The van der Waals surface area contributed by atoms with E-state index in [1.165, 1.54) is 6.07 Å². The van der Waals surface area contributed by atoms with Crippen molar-refractivity contribution in [3.63, 3.8) is 0 Å². The number of carbonyl (C=O) groups excluding carboxylic acids is 2. The van der Waals surface area contributed by atoms with E-state index < -0.39 is 0 Å². The third kappa shape index (κ3) is 5.01. The number of pyridine rings is 1. The molecule has 2 heterocycles. The molecule has 3 N–H and O–H groups in total. The van der Waals surface area contributed by atoms with Crippen LogP contribution in [-0.4, -0.2) is 27.0 Å². The van der Waals surface area contributed by atoms with Gasteiger partial charge in [-0.15, -0.1) is 0 Å². The van der Waals surface area contributed by atoms with Crippen LogP contribution < -0.4 is 10.6 Å². The molecule has 0 aliphatic heterocycles. The molecule has 39 heavy (non-hydrogen) atoms. The molecule has 3 aromatic carbocycles. The minimum atomic E-state index is -0.359. The second-order valence-corrected chi connectivity index (χ2v) is 9.72. The Hall–Kier alpha value is -4.85. The number of aromatic amines is 1. The van der Waals surface area contributed by atoms with Gasteiger partial charge in [0, 0.05) is 34.3 Å². The second kappa shape index (κ2) is 10.1. The number of rotatable bonds is 7. The Kier molecular flexibility index (Phi) is 6.36. The summed E-state index contributed by atoms with van der Waals surface area (Å²) in [5.74, 6) is -0.524. The fourth-order valence-electron chi connectivity index (χ4n) is 4.72. The van der Waals surface area contributed by atoms with Gasteiger partial charge in [0.25, 0.3) is 5.91 Å². The quantitative estimate of drug-likeness (QED) is 0.226. The lowest BCUT2D eigenvalue weighted by Gasteiger charge is -2.12. The zero-order valence-corrected chi connectivity index (χ0v) is 21.3. The van der Waals surface area contributed by atoms with E-state index in [0.717, 1.165) is 40.6 Å². The summed E-state index contributed by atoms with van der Waals surface area (Å²) >= 11 is 0. The molecule has 0 atom stereocenters. The second-order valence-electron chi connectivity index (χ2n) is 9.72. The van der Waals surface area contributed by atoms with Crippen molar-refractivity contribution in [2.24, 2.45) is 5.92 Å². The first-order chi connectivity index (χ1) is 19.0. The van der Waals surface area contributed by atoms with Crippen LogP contribution in [0.3, 0.4) is 0 Å². The Morgan fingerprint density at radius 2 is 1.77 bits per heavy atom. The van der Waals surface area contributed by atoms with Crippen molar-refractivity contribution in [2.75, 3.05) is 10.6 Å². The average Bonchev–Trinajstić information content (AvgIpc) is 3.72. The molecule has 0 unspecified atom stereocenters. The number of nitrogens with one attached hydrogen (secondary N) is 3. The van der Waals surface area contributed by atoms with Crippen LogP contribution in [0.1, 0.15) is 35.8 Å². The smallest absolute Gasteiger partial charge is 0.276 e. The lowest BCUT2D eigenvalue weighted by molar-refractivity contribution is -0.117. The van der Waals surface area contributed by atoms with E-state index in [0.29, 0.717) is 28.7 Å². The number of amides is 2. The number of carbonyl (C=O) groups is 2. The highest BCUT2D eigenvalue weighted by Crippen LogP contribution is 2.32. The largest absolute Gasteiger partial charge is 0.324 e. The molecule has 0 bridgehead atoms. The maximum Gasteiger partial charge on any atom is 0.276 e. The highest BCUT2D eigenvalue weighted by molar-refractivity contribution is 6.11. The number of anilines is 2. The summed E-state index contributed by atoms with van der Waals surface area (Å²) in [6.07, 6.45) is 5.88. The molecule has 0 saturated heterocycles. The maximum atomic E-state index is 14.4. The molecule has 2 amide bonds. The van der Waals surface area contributed by atoms with Gasteiger partial charge in [-0.05, 0) is 72.4 Å². The lowest BCUT2D eigenvalue weighted by atomic mass is 9.97. The monoisotopic (exact) mass is 519 g/mol. The van der Waals surface area contributed by atoms with Crippen molar-refractivity contribution in [3.8, 4) is 22.3 Å². The van der Waals surface area contributed by atoms with Gasteiger partial charge < -0.3 is 10.6 Å². The Bertz CT molecular complexity index is 1720. The first-order valence-corrected chi connectivity index (χ1v) is 12.9. The van der Waals surface area contributed by atoms with Gasteiger partial charge in [0.1, 0.15) is 5.82 Å². The fraction of sp³-hybridized carbons (Fsp3) is 0.161. The zero-order chi connectivity index (χ0) is 26.9. The molecule has 2 aromatic heterocycles. The molecule has 1 aliphatic carbocycles. The van der Waals surface area contributed by atoms with Gasteiger partial charge in [-0.25, -0.2) is 4.39 Å². The van der Waals surface area contributed by atoms with Crippen LogP contribution in [0.5, 0.6) is 0 Å². The van der Waals surface area contributed by atoms with Gasteiger partial charge in [-0.2, -0.15) is 5.10 Å². The molecular formula is C31H26FN5O2. The molecule has 1 aliphatic rings. The van der Waals surface area contributed by atoms with Gasteiger partial charge in [0.2, 0.25) is 5.91 Å². The molecule has 1 fully saturated rings. The number of fused-ring (bicyclic) bond motifs is 1. The Morgan fingerprint density at radius 1 is 0.923 bits per heavy atom. The SMILES string of the molecule is CCc1cc(NC(=O)c2n[nH]c3ccc(-c4cncc(NC(=O)C5CC5)c4)cc23)ccc1-c1ccccc1F. The summed E-state index contributed by atoms with van der Waals surface area (Å²) in [5.41, 5.74) is 6.13. The highest BCUT2D eigenvalue weighted by Gasteiger charge is 2.29. The summed E-state index contributed by atoms with van der Waals surface area (Å²) in [4.78, 5) is 29.7. The maximum absolute atomic E-state index is 14.4. The normalized spacial score (nSPS) is 12.9. The van der Waals surface area contributed by atoms with Gasteiger partial charge in [0.15, 0.2) is 5.69 Å². The van der Waals surface area contributed by atoms with Gasteiger partial charge >= 0.3 is 0 Å². The van der Waals surface area contributed by atoms with Crippen molar-refractivity contribution in [2.45, 2.75) is 26.2 Å². The van der Waals surface area contributed by atoms with Crippen molar-refractivity contribution < 1.29 is 14.0 Å². The Labute approximate surface area is 224 Å². The minimum Gasteiger partial charge on any atom is -0.324 e. The first-order valence-electron chi connectivity index (χ1n) is 12.9. The van der Waals surface area contributed by atoms with E-state index in [1.807, 2.05) is 43.3 Å². The van der Waals surface area contributed by atoms with Crippen molar-refractivity contribution in [1.82, 2.24) is 15.2 Å². The minimum absolute atomic E-state index is 0.0198. The predicted molar refractivity (Wildman–Crippen MR) is 150 cm³/mol. The summed E-state index contributed by atoms with van der Waals surface area (Å²) in [5, 5.41) is 13.7. The molecule has 194 valence electrons. The van der Waals surface area contributed by atoms with E-state index in [2.05, 4.69) is 25.8 Å². The van der Waals surface area contributed by atoms with Crippen molar-refractivity contribution >= 4 is 34.1 Å². The highest BCUT2D eigenvalue weighted by atomic mass is 19.1. The van der Waals surface area contributed by atoms with E-state index >= 15 is 0 Å².